The van der Waals surface area contributed by atoms with E-state index in [1.807, 2.05) is 0 Å². The molecule has 2 aliphatic heterocycles. The SMILES string of the molecule is CS(=O)(=O)N1CCCC(CC(N)CC2CCS(=O)(=O)C2)C1. The summed E-state index contributed by atoms with van der Waals surface area (Å²) < 4.78 is 47.6. The lowest BCUT2D eigenvalue weighted by Gasteiger charge is -2.32. The Labute approximate surface area is 128 Å². The van der Waals surface area contributed by atoms with Crippen LogP contribution in [0.1, 0.15) is 32.1 Å². The third-order valence-corrected chi connectivity index (χ3v) is 7.66. The van der Waals surface area contributed by atoms with Gasteiger partial charge in [0.05, 0.1) is 17.8 Å². The Kier molecular flexibility index (Phi) is 5.33. The van der Waals surface area contributed by atoms with E-state index in [9.17, 15) is 16.8 Å². The molecule has 0 aliphatic carbocycles. The summed E-state index contributed by atoms with van der Waals surface area (Å²) >= 11 is 0. The van der Waals surface area contributed by atoms with Gasteiger partial charge in [-0.25, -0.2) is 21.1 Å². The van der Waals surface area contributed by atoms with Gasteiger partial charge in [-0.15, -0.1) is 0 Å². The largest absolute Gasteiger partial charge is 0.328 e. The molecule has 6 nitrogen and oxygen atoms in total. The molecule has 0 amide bonds. The molecule has 0 bridgehead atoms. The third kappa shape index (κ3) is 5.19. The van der Waals surface area contributed by atoms with Crippen molar-refractivity contribution in [2.75, 3.05) is 30.9 Å². The van der Waals surface area contributed by atoms with Crippen molar-refractivity contribution < 1.29 is 16.8 Å². The fourth-order valence-electron chi connectivity index (χ4n) is 3.53. The van der Waals surface area contributed by atoms with Crippen LogP contribution in [0.4, 0.5) is 0 Å². The number of hydrogen-bond acceptors (Lipinski definition) is 5. The van der Waals surface area contributed by atoms with Crippen LogP contribution >= 0.6 is 0 Å². The molecular formula is C13H26N2O4S2. The Morgan fingerprint density at radius 2 is 1.90 bits per heavy atom. The quantitative estimate of drug-likeness (QED) is 0.772. The Morgan fingerprint density at radius 1 is 1.24 bits per heavy atom. The molecule has 21 heavy (non-hydrogen) atoms. The van der Waals surface area contributed by atoms with Crippen LogP contribution in [-0.2, 0) is 19.9 Å². The minimum atomic E-state index is -3.12. The van der Waals surface area contributed by atoms with Crippen LogP contribution in [0, 0.1) is 11.8 Å². The highest BCUT2D eigenvalue weighted by atomic mass is 32.2. The van der Waals surface area contributed by atoms with E-state index in [1.165, 1.54) is 10.6 Å². The monoisotopic (exact) mass is 338 g/mol. The Hall–Kier alpha value is -0.180. The fourth-order valence-corrected chi connectivity index (χ4v) is 6.35. The van der Waals surface area contributed by atoms with Gasteiger partial charge in [-0.3, -0.25) is 0 Å². The molecule has 0 aromatic heterocycles. The molecule has 2 aliphatic rings. The molecule has 0 saturated carbocycles. The van der Waals surface area contributed by atoms with Crippen LogP contribution < -0.4 is 5.73 Å². The molecule has 2 fully saturated rings. The van der Waals surface area contributed by atoms with Crippen molar-refractivity contribution in [1.29, 1.82) is 0 Å². The highest BCUT2D eigenvalue weighted by Crippen LogP contribution is 2.27. The number of sulfonamides is 1. The van der Waals surface area contributed by atoms with Gasteiger partial charge in [0, 0.05) is 19.1 Å². The molecule has 3 unspecified atom stereocenters. The van der Waals surface area contributed by atoms with E-state index >= 15 is 0 Å². The molecule has 8 heteroatoms. The average molecular weight is 338 g/mol. The molecule has 0 radical (unpaired) electrons. The summed E-state index contributed by atoms with van der Waals surface area (Å²) in [4.78, 5) is 0. The van der Waals surface area contributed by atoms with Crippen LogP contribution in [0.15, 0.2) is 0 Å². The third-order valence-electron chi connectivity index (χ3n) is 4.55. The molecule has 2 heterocycles. The van der Waals surface area contributed by atoms with E-state index < -0.39 is 19.9 Å². The maximum atomic E-state index is 11.6. The smallest absolute Gasteiger partial charge is 0.211 e. The summed E-state index contributed by atoms with van der Waals surface area (Å²) in [5.74, 6) is 1.03. The minimum Gasteiger partial charge on any atom is -0.328 e. The highest BCUT2D eigenvalue weighted by molar-refractivity contribution is 7.91. The molecule has 124 valence electrons. The molecular weight excluding hydrogens is 312 g/mol. The van der Waals surface area contributed by atoms with Crippen molar-refractivity contribution >= 4 is 19.9 Å². The van der Waals surface area contributed by atoms with Gasteiger partial charge in [-0.1, -0.05) is 0 Å². The van der Waals surface area contributed by atoms with Crippen LogP contribution in [0.25, 0.3) is 0 Å². The molecule has 0 aromatic rings. The summed E-state index contributed by atoms with van der Waals surface area (Å²) in [5, 5.41) is 0. The van der Waals surface area contributed by atoms with Crippen molar-refractivity contribution in [1.82, 2.24) is 4.31 Å². The van der Waals surface area contributed by atoms with Crippen molar-refractivity contribution in [2.24, 2.45) is 17.6 Å². The Balaban J connectivity index is 1.81. The zero-order valence-electron chi connectivity index (χ0n) is 12.6. The maximum absolute atomic E-state index is 11.6. The lowest BCUT2D eigenvalue weighted by atomic mass is 9.88. The number of sulfone groups is 1. The lowest BCUT2D eigenvalue weighted by Crippen LogP contribution is -2.41. The van der Waals surface area contributed by atoms with Gasteiger partial charge >= 0.3 is 0 Å². The van der Waals surface area contributed by atoms with E-state index in [-0.39, 0.29) is 23.5 Å². The zero-order valence-corrected chi connectivity index (χ0v) is 14.2. The van der Waals surface area contributed by atoms with Gasteiger partial charge in [0.1, 0.15) is 0 Å². The summed E-state index contributed by atoms with van der Waals surface area (Å²) in [5.41, 5.74) is 6.16. The predicted octanol–water partition coefficient (Wildman–Crippen LogP) is 0.200. The van der Waals surface area contributed by atoms with Gasteiger partial charge in [-0.2, -0.15) is 0 Å². The minimum absolute atomic E-state index is 0.0344. The van der Waals surface area contributed by atoms with Gasteiger partial charge in [0.25, 0.3) is 0 Å². The predicted molar refractivity (Wildman–Crippen MR) is 83.1 cm³/mol. The molecule has 0 aromatic carbocycles. The van der Waals surface area contributed by atoms with E-state index in [2.05, 4.69) is 0 Å². The van der Waals surface area contributed by atoms with Crippen LogP contribution in [0.2, 0.25) is 0 Å². The number of nitrogens with zero attached hydrogens (tertiary/aromatic N) is 1. The first-order valence-corrected chi connectivity index (χ1v) is 11.2. The molecule has 3 atom stereocenters. The van der Waals surface area contributed by atoms with Crippen LogP contribution in [-0.4, -0.2) is 58.0 Å². The van der Waals surface area contributed by atoms with E-state index in [4.69, 9.17) is 5.73 Å². The number of hydrogen-bond donors (Lipinski definition) is 1. The standard InChI is InChI=1S/C13H26N2O4S2/c1-20(16,17)15-5-2-3-11(9-15)7-13(14)8-12-4-6-21(18,19)10-12/h11-13H,2-10,14H2,1H3. The fraction of sp³-hybridized carbons (Fsp3) is 1.00. The second kappa shape index (κ2) is 6.52. The van der Waals surface area contributed by atoms with E-state index in [1.54, 1.807) is 0 Å². The maximum Gasteiger partial charge on any atom is 0.211 e. The highest BCUT2D eigenvalue weighted by Gasteiger charge is 2.31. The van der Waals surface area contributed by atoms with Crippen molar-refractivity contribution in [2.45, 2.75) is 38.1 Å². The first-order chi connectivity index (χ1) is 9.66. The van der Waals surface area contributed by atoms with Gasteiger partial charge < -0.3 is 5.73 Å². The Bertz CT molecular complexity index is 559. The van der Waals surface area contributed by atoms with Crippen LogP contribution in [0.5, 0.6) is 0 Å². The van der Waals surface area contributed by atoms with Crippen LogP contribution in [0.3, 0.4) is 0 Å². The summed E-state index contributed by atoms with van der Waals surface area (Å²) in [7, 11) is -5.96. The van der Waals surface area contributed by atoms with Gasteiger partial charge in [0.15, 0.2) is 9.84 Å². The average Bonchev–Trinajstić information content (AvgIpc) is 2.67. The van der Waals surface area contributed by atoms with Crippen molar-refractivity contribution in [3.8, 4) is 0 Å². The number of nitrogens with two attached hydrogens (primary N) is 1. The van der Waals surface area contributed by atoms with Gasteiger partial charge in [-0.05, 0) is 43.9 Å². The van der Waals surface area contributed by atoms with E-state index in [0.717, 1.165) is 32.1 Å². The topological polar surface area (TPSA) is 97.5 Å². The number of piperidine rings is 1. The Morgan fingerprint density at radius 3 is 2.48 bits per heavy atom. The lowest BCUT2D eigenvalue weighted by molar-refractivity contribution is 0.239. The molecule has 2 rings (SSSR count). The second-order valence-electron chi connectivity index (χ2n) is 6.63. The van der Waals surface area contributed by atoms with Crippen molar-refractivity contribution in [3.63, 3.8) is 0 Å². The first-order valence-electron chi connectivity index (χ1n) is 7.57. The molecule has 2 N–H and O–H groups in total. The summed E-state index contributed by atoms with van der Waals surface area (Å²) in [6.07, 6.45) is 5.36. The van der Waals surface area contributed by atoms with Crippen molar-refractivity contribution in [3.05, 3.63) is 0 Å². The molecule has 0 spiro atoms. The number of rotatable bonds is 5. The second-order valence-corrected chi connectivity index (χ2v) is 10.8. The zero-order chi connectivity index (χ0) is 15.7. The summed E-state index contributed by atoms with van der Waals surface area (Å²) in [6, 6.07) is -0.0344. The first kappa shape index (κ1) is 17.2. The molecule has 2 saturated heterocycles. The van der Waals surface area contributed by atoms with Gasteiger partial charge in [0.2, 0.25) is 10.0 Å². The summed E-state index contributed by atoms with van der Waals surface area (Å²) in [6.45, 7) is 1.15. The normalized spacial score (nSPS) is 32.1. The van der Waals surface area contributed by atoms with E-state index in [0.29, 0.717) is 19.0 Å².